The third-order valence-corrected chi connectivity index (χ3v) is 3.58. The molecule has 0 spiro atoms. The van der Waals surface area contributed by atoms with E-state index in [4.69, 9.17) is 26.3 Å². The zero-order valence-corrected chi connectivity index (χ0v) is 14.3. The van der Waals surface area contributed by atoms with Crippen LogP contribution in [-0.2, 0) is 16.0 Å². The van der Waals surface area contributed by atoms with Gasteiger partial charge in [0, 0.05) is 5.56 Å². The number of rotatable bonds is 6. The zero-order chi connectivity index (χ0) is 18.4. The van der Waals surface area contributed by atoms with E-state index in [-0.39, 0.29) is 35.1 Å². The number of ether oxygens (including phenoxy) is 2. The number of hydrogen-bond acceptors (Lipinski definition) is 4. The largest absolute Gasteiger partial charge is 0.466 e. The van der Waals surface area contributed by atoms with Gasteiger partial charge in [0.1, 0.15) is 5.75 Å². The quantitative estimate of drug-likeness (QED) is 0.689. The number of nitriles is 1. The summed E-state index contributed by atoms with van der Waals surface area (Å²) in [7, 11) is 0. The van der Waals surface area contributed by atoms with Crippen LogP contribution in [0.2, 0.25) is 5.02 Å². The van der Waals surface area contributed by atoms with Gasteiger partial charge in [-0.3, -0.25) is 4.79 Å². The van der Waals surface area contributed by atoms with Crippen LogP contribution < -0.4 is 4.74 Å². The summed E-state index contributed by atoms with van der Waals surface area (Å²) in [5.41, 5.74) is 1.10. The molecule has 0 fully saturated rings. The maximum atomic E-state index is 14.7. The molecule has 25 heavy (non-hydrogen) atoms. The number of esters is 1. The Balaban J connectivity index is 2.38. The Morgan fingerprint density at radius 2 is 2.16 bits per heavy atom. The minimum Gasteiger partial charge on any atom is -0.466 e. The molecule has 0 unspecified atom stereocenters. The van der Waals surface area contributed by atoms with E-state index in [2.05, 4.69) is 6.58 Å². The number of benzene rings is 2. The second-order valence-electron chi connectivity index (χ2n) is 5.04. The van der Waals surface area contributed by atoms with Gasteiger partial charge >= 0.3 is 5.97 Å². The first-order valence-electron chi connectivity index (χ1n) is 7.46. The van der Waals surface area contributed by atoms with Crippen LogP contribution in [0.5, 0.6) is 11.5 Å². The second kappa shape index (κ2) is 8.32. The normalized spacial score (nSPS) is 10.0. The fraction of sp³-hybridized carbons (Fsp3) is 0.158. The molecule has 2 aromatic carbocycles. The summed E-state index contributed by atoms with van der Waals surface area (Å²) in [5.74, 6) is -1.27. The van der Waals surface area contributed by atoms with Gasteiger partial charge in [-0.05, 0) is 36.8 Å². The predicted molar refractivity (Wildman–Crippen MR) is 93.1 cm³/mol. The Hall–Kier alpha value is -2.84. The number of hydrogen-bond donors (Lipinski definition) is 0. The van der Waals surface area contributed by atoms with E-state index in [1.807, 2.05) is 6.07 Å². The molecule has 6 heteroatoms. The van der Waals surface area contributed by atoms with E-state index in [1.165, 1.54) is 18.2 Å². The van der Waals surface area contributed by atoms with Crippen molar-refractivity contribution in [3.63, 3.8) is 0 Å². The molecule has 0 aliphatic heterocycles. The molecule has 0 radical (unpaired) electrons. The molecule has 2 rings (SSSR count). The van der Waals surface area contributed by atoms with Crippen molar-refractivity contribution in [2.24, 2.45) is 0 Å². The van der Waals surface area contributed by atoms with Crippen LogP contribution in [0.3, 0.4) is 0 Å². The lowest BCUT2D eigenvalue weighted by Crippen LogP contribution is -2.09. The van der Waals surface area contributed by atoms with Crippen molar-refractivity contribution in [1.29, 1.82) is 5.26 Å². The van der Waals surface area contributed by atoms with Crippen LogP contribution in [-0.4, -0.2) is 12.6 Å². The van der Waals surface area contributed by atoms with Gasteiger partial charge in [-0.2, -0.15) is 5.26 Å². The van der Waals surface area contributed by atoms with Gasteiger partial charge in [0.15, 0.2) is 11.6 Å². The summed E-state index contributed by atoms with van der Waals surface area (Å²) >= 11 is 6.03. The highest BCUT2D eigenvalue weighted by Gasteiger charge is 2.18. The fourth-order valence-corrected chi connectivity index (χ4v) is 2.34. The lowest BCUT2D eigenvalue weighted by molar-refractivity contribution is -0.142. The smallest absolute Gasteiger partial charge is 0.310 e. The molecule has 4 nitrogen and oxygen atoms in total. The highest BCUT2D eigenvalue weighted by atomic mass is 35.5. The first-order valence-corrected chi connectivity index (χ1v) is 7.84. The Labute approximate surface area is 150 Å². The highest BCUT2D eigenvalue weighted by molar-refractivity contribution is 6.32. The van der Waals surface area contributed by atoms with E-state index >= 15 is 0 Å². The van der Waals surface area contributed by atoms with Crippen molar-refractivity contribution in [1.82, 2.24) is 0 Å². The molecule has 0 atom stereocenters. The molecule has 0 heterocycles. The summed E-state index contributed by atoms with van der Waals surface area (Å²) in [6.45, 7) is 5.52. The minimum atomic E-state index is -0.747. The Kier molecular flexibility index (Phi) is 6.15. The topological polar surface area (TPSA) is 59.3 Å². The van der Waals surface area contributed by atoms with Gasteiger partial charge in [0.05, 0.1) is 29.7 Å². The average molecular weight is 360 g/mol. The highest BCUT2D eigenvalue weighted by Crippen LogP contribution is 2.35. The molecule has 0 aromatic heterocycles. The summed E-state index contributed by atoms with van der Waals surface area (Å²) in [4.78, 5) is 11.6. The number of halogens is 2. The molecular weight excluding hydrogens is 345 g/mol. The minimum absolute atomic E-state index is 0.0487. The molecule has 0 bridgehead atoms. The van der Waals surface area contributed by atoms with E-state index in [1.54, 1.807) is 25.1 Å². The third kappa shape index (κ3) is 4.59. The molecule has 0 aliphatic carbocycles. The van der Waals surface area contributed by atoms with Gasteiger partial charge in [-0.1, -0.05) is 30.3 Å². The Bertz CT molecular complexity index is 858. The number of carbonyl (C=O) groups excluding carboxylic acids is 1. The third-order valence-electron chi connectivity index (χ3n) is 3.28. The van der Waals surface area contributed by atoms with Gasteiger partial charge in [-0.15, -0.1) is 0 Å². The van der Waals surface area contributed by atoms with Crippen molar-refractivity contribution in [2.45, 2.75) is 13.3 Å². The van der Waals surface area contributed by atoms with Crippen molar-refractivity contribution in [2.75, 3.05) is 6.61 Å². The van der Waals surface area contributed by atoms with Crippen LogP contribution in [0.4, 0.5) is 4.39 Å². The average Bonchev–Trinajstić information content (AvgIpc) is 2.61. The van der Waals surface area contributed by atoms with E-state index in [0.29, 0.717) is 11.1 Å². The molecule has 0 aliphatic rings. The summed E-state index contributed by atoms with van der Waals surface area (Å²) in [6.07, 6.45) is 1.31. The molecule has 2 aromatic rings. The van der Waals surface area contributed by atoms with Crippen molar-refractivity contribution < 1.29 is 18.7 Å². The lowest BCUT2D eigenvalue weighted by atomic mass is 10.1. The molecule has 0 N–H and O–H groups in total. The van der Waals surface area contributed by atoms with Gasteiger partial charge in [0.25, 0.3) is 0 Å². The fourth-order valence-electron chi connectivity index (χ4n) is 2.15. The van der Waals surface area contributed by atoms with Crippen LogP contribution in [0.1, 0.15) is 23.6 Å². The van der Waals surface area contributed by atoms with Crippen molar-refractivity contribution >= 4 is 23.6 Å². The molecule has 0 saturated carbocycles. The molecular formula is C19H15ClFNO3. The maximum Gasteiger partial charge on any atom is 0.310 e. The summed E-state index contributed by atoms with van der Waals surface area (Å²) in [5, 5.41) is 9.11. The predicted octanol–water partition coefficient (Wildman–Crippen LogP) is 4.89. The lowest BCUT2D eigenvalue weighted by Gasteiger charge is -2.12. The van der Waals surface area contributed by atoms with Gasteiger partial charge < -0.3 is 9.47 Å². The van der Waals surface area contributed by atoms with E-state index < -0.39 is 11.8 Å². The summed E-state index contributed by atoms with van der Waals surface area (Å²) < 4.78 is 25.1. The second-order valence-corrected chi connectivity index (χ2v) is 5.45. The number of nitrogens with zero attached hydrogens (tertiary/aromatic N) is 1. The van der Waals surface area contributed by atoms with Crippen LogP contribution in [0, 0.1) is 17.1 Å². The van der Waals surface area contributed by atoms with Gasteiger partial charge in [0.2, 0.25) is 0 Å². The zero-order valence-electron chi connectivity index (χ0n) is 13.5. The van der Waals surface area contributed by atoms with Crippen molar-refractivity contribution in [3.8, 4) is 17.6 Å². The van der Waals surface area contributed by atoms with Gasteiger partial charge in [-0.25, -0.2) is 4.39 Å². The monoisotopic (exact) mass is 359 g/mol. The standard InChI is InChI=1S/C19H15ClFNO3/c1-3-12-7-13(11-22)9-15(8-12)25-19-16(20)6-5-14(18(19)21)10-17(23)24-4-2/h3,5-9H,1,4,10H2,2H3. The van der Waals surface area contributed by atoms with Crippen LogP contribution in [0.25, 0.3) is 6.08 Å². The Morgan fingerprint density at radius 1 is 1.40 bits per heavy atom. The first kappa shape index (κ1) is 18.5. The number of carbonyl (C=O) groups is 1. The molecule has 128 valence electrons. The van der Waals surface area contributed by atoms with Crippen LogP contribution in [0.15, 0.2) is 36.9 Å². The van der Waals surface area contributed by atoms with E-state index in [0.717, 1.165) is 0 Å². The van der Waals surface area contributed by atoms with Crippen molar-refractivity contribution in [3.05, 3.63) is 64.4 Å². The SMILES string of the molecule is C=Cc1cc(C#N)cc(Oc2c(Cl)ccc(CC(=O)OCC)c2F)c1. The molecule has 0 amide bonds. The van der Waals surface area contributed by atoms with Crippen LogP contribution >= 0.6 is 11.6 Å². The molecule has 0 saturated heterocycles. The Morgan fingerprint density at radius 3 is 2.80 bits per heavy atom. The maximum absolute atomic E-state index is 14.7. The summed E-state index contributed by atoms with van der Waals surface area (Å²) in [6, 6.07) is 9.52. The van der Waals surface area contributed by atoms with E-state index in [9.17, 15) is 9.18 Å². The first-order chi connectivity index (χ1) is 12.0.